The molecular weight excluding hydrogens is 214 g/mol. The molecule has 1 heterocycles. The van der Waals surface area contributed by atoms with E-state index in [0.717, 1.165) is 25.7 Å². The van der Waals surface area contributed by atoms with Crippen LogP contribution in [0.3, 0.4) is 0 Å². The van der Waals surface area contributed by atoms with Gasteiger partial charge in [-0.25, -0.2) is 8.42 Å². The average molecular weight is 233 g/mol. The monoisotopic (exact) mass is 233 g/mol. The lowest BCUT2D eigenvalue weighted by molar-refractivity contribution is 0.0864. The first-order valence-electron chi connectivity index (χ1n) is 5.71. The summed E-state index contributed by atoms with van der Waals surface area (Å²) in [5, 5.41) is 13.0. The first-order chi connectivity index (χ1) is 7.07. The lowest BCUT2D eigenvalue weighted by Gasteiger charge is -2.30. The summed E-state index contributed by atoms with van der Waals surface area (Å²) in [7, 11) is -2.81. The smallest absolute Gasteiger partial charge is 0.151 e. The highest BCUT2D eigenvalue weighted by Gasteiger charge is 2.32. The summed E-state index contributed by atoms with van der Waals surface area (Å²) in [5.41, 5.74) is 0. The number of sulfone groups is 1. The van der Waals surface area contributed by atoms with Gasteiger partial charge in [-0.3, -0.25) is 0 Å². The van der Waals surface area contributed by atoms with Crippen molar-refractivity contribution in [2.24, 2.45) is 0 Å². The van der Waals surface area contributed by atoms with Crippen molar-refractivity contribution in [3.05, 3.63) is 0 Å². The van der Waals surface area contributed by atoms with Crippen molar-refractivity contribution in [2.45, 2.75) is 50.3 Å². The van der Waals surface area contributed by atoms with Gasteiger partial charge >= 0.3 is 0 Å². The number of nitrogens with one attached hydrogen (secondary N) is 1. The molecule has 4 nitrogen and oxygen atoms in total. The second kappa shape index (κ2) is 4.39. The van der Waals surface area contributed by atoms with Gasteiger partial charge in [-0.15, -0.1) is 0 Å². The van der Waals surface area contributed by atoms with Crippen LogP contribution in [0.2, 0.25) is 0 Å². The summed E-state index contributed by atoms with van der Waals surface area (Å²) in [6.07, 6.45) is 4.44. The minimum atomic E-state index is -2.81. The summed E-state index contributed by atoms with van der Waals surface area (Å²) in [4.78, 5) is 0. The van der Waals surface area contributed by atoms with Crippen LogP contribution in [0, 0.1) is 0 Å². The second-order valence-corrected chi connectivity index (χ2v) is 6.95. The number of rotatable bonds is 2. The Balaban J connectivity index is 1.86. The van der Waals surface area contributed by atoms with Crippen LogP contribution in [-0.2, 0) is 9.84 Å². The van der Waals surface area contributed by atoms with Crippen molar-refractivity contribution in [3.63, 3.8) is 0 Å². The predicted octanol–water partition coefficient (Wildman–Crippen LogP) is 0.0666. The molecule has 0 bridgehead atoms. The standard InChI is InChI=1S/C10H19NO3S/c12-10-4-2-1-3-9(10)11-8-5-6-15(13,14)7-8/h8-12H,1-7H2/t8?,9-,10-/m1/s1. The third kappa shape index (κ3) is 2.92. The molecule has 3 atom stereocenters. The van der Waals surface area contributed by atoms with Gasteiger partial charge < -0.3 is 10.4 Å². The molecule has 0 spiro atoms. The molecule has 2 N–H and O–H groups in total. The van der Waals surface area contributed by atoms with Gasteiger partial charge in [-0.2, -0.15) is 0 Å². The highest BCUT2D eigenvalue weighted by Crippen LogP contribution is 2.21. The van der Waals surface area contributed by atoms with Gasteiger partial charge in [0, 0.05) is 12.1 Å². The zero-order chi connectivity index (χ0) is 10.9. The highest BCUT2D eigenvalue weighted by molar-refractivity contribution is 7.91. The fraction of sp³-hybridized carbons (Fsp3) is 1.00. The topological polar surface area (TPSA) is 66.4 Å². The van der Waals surface area contributed by atoms with E-state index in [1.165, 1.54) is 0 Å². The first-order valence-corrected chi connectivity index (χ1v) is 7.53. The Bertz CT molecular complexity index is 315. The van der Waals surface area contributed by atoms with Gasteiger partial charge in [0.1, 0.15) is 0 Å². The van der Waals surface area contributed by atoms with E-state index in [9.17, 15) is 13.5 Å². The molecule has 1 saturated heterocycles. The van der Waals surface area contributed by atoms with E-state index < -0.39 is 9.84 Å². The van der Waals surface area contributed by atoms with Crippen LogP contribution in [-0.4, -0.2) is 43.2 Å². The third-order valence-corrected chi connectivity index (χ3v) is 5.18. The zero-order valence-electron chi connectivity index (χ0n) is 8.85. The van der Waals surface area contributed by atoms with Crippen molar-refractivity contribution in [3.8, 4) is 0 Å². The van der Waals surface area contributed by atoms with E-state index in [4.69, 9.17) is 0 Å². The number of aliphatic hydroxyl groups excluding tert-OH is 1. The molecule has 1 unspecified atom stereocenters. The quantitative estimate of drug-likeness (QED) is 0.708. The van der Waals surface area contributed by atoms with Gasteiger partial charge in [-0.1, -0.05) is 12.8 Å². The molecule has 0 amide bonds. The summed E-state index contributed by atoms with van der Waals surface area (Å²) >= 11 is 0. The van der Waals surface area contributed by atoms with Crippen LogP contribution in [0.25, 0.3) is 0 Å². The molecule has 1 aliphatic carbocycles. The van der Waals surface area contributed by atoms with E-state index in [-0.39, 0.29) is 23.9 Å². The molecule has 1 aliphatic heterocycles. The molecule has 2 aliphatic rings. The van der Waals surface area contributed by atoms with Crippen molar-refractivity contribution < 1.29 is 13.5 Å². The largest absolute Gasteiger partial charge is 0.392 e. The van der Waals surface area contributed by atoms with Crippen molar-refractivity contribution >= 4 is 9.84 Å². The molecule has 2 fully saturated rings. The minimum absolute atomic E-state index is 0.0627. The van der Waals surface area contributed by atoms with E-state index >= 15 is 0 Å². The summed E-state index contributed by atoms with van der Waals surface area (Å²) in [6.45, 7) is 0. The minimum Gasteiger partial charge on any atom is -0.392 e. The van der Waals surface area contributed by atoms with Gasteiger partial charge in [-0.05, 0) is 19.3 Å². The molecule has 0 radical (unpaired) electrons. The molecule has 0 aromatic carbocycles. The normalized spacial score (nSPS) is 40.5. The maximum absolute atomic E-state index is 11.3. The Morgan fingerprint density at radius 2 is 1.87 bits per heavy atom. The molecule has 0 aromatic rings. The van der Waals surface area contributed by atoms with Crippen molar-refractivity contribution in [1.29, 1.82) is 0 Å². The number of aliphatic hydroxyl groups is 1. The Morgan fingerprint density at radius 3 is 2.47 bits per heavy atom. The maximum Gasteiger partial charge on any atom is 0.151 e. The lowest BCUT2D eigenvalue weighted by atomic mass is 9.92. The first kappa shape index (κ1) is 11.4. The summed E-state index contributed by atoms with van der Waals surface area (Å²) in [5.74, 6) is 0.545. The fourth-order valence-electron chi connectivity index (χ4n) is 2.53. The van der Waals surface area contributed by atoms with Crippen molar-refractivity contribution in [2.75, 3.05) is 11.5 Å². The Hall–Kier alpha value is -0.130. The molecule has 2 rings (SSSR count). The molecule has 1 saturated carbocycles. The second-order valence-electron chi connectivity index (χ2n) is 4.72. The van der Waals surface area contributed by atoms with Crippen molar-refractivity contribution in [1.82, 2.24) is 5.32 Å². The van der Waals surface area contributed by atoms with Crippen LogP contribution in [0.5, 0.6) is 0 Å². The van der Waals surface area contributed by atoms with Crippen LogP contribution in [0.4, 0.5) is 0 Å². The van der Waals surface area contributed by atoms with E-state index in [1.807, 2.05) is 0 Å². The SMILES string of the molecule is O=S1(=O)CCC(N[C@@H]2CCCC[C@H]2O)C1. The van der Waals surface area contributed by atoms with Gasteiger partial charge in [0.25, 0.3) is 0 Å². The average Bonchev–Trinajstić information content (AvgIpc) is 2.50. The molecule has 88 valence electrons. The Labute approximate surface area is 91.0 Å². The number of hydrogen-bond acceptors (Lipinski definition) is 4. The predicted molar refractivity (Wildman–Crippen MR) is 58.5 cm³/mol. The Morgan fingerprint density at radius 1 is 1.13 bits per heavy atom. The van der Waals surface area contributed by atoms with Crippen LogP contribution >= 0.6 is 0 Å². The third-order valence-electron chi connectivity index (χ3n) is 3.41. The zero-order valence-corrected chi connectivity index (χ0v) is 9.67. The molecule has 5 heteroatoms. The van der Waals surface area contributed by atoms with Crippen LogP contribution in [0.1, 0.15) is 32.1 Å². The summed E-state index contributed by atoms with van der Waals surface area (Å²) < 4.78 is 22.5. The molecule has 0 aromatic heterocycles. The highest BCUT2D eigenvalue weighted by atomic mass is 32.2. The fourth-order valence-corrected chi connectivity index (χ4v) is 4.22. The lowest BCUT2D eigenvalue weighted by Crippen LogP contribution is -2.47. The van der Waals surface area contributed by atoms with Gasteiger partial charge in [0.15, 0.2) is 9.84 Å². The van der Waals surface area contributed by atoms with Crippen LogP contribution in [0.15, 0.2) is 0 Å². The maximum atomic E-state index is 11.3. The molecule has 15 heavy (non-hydrogen) atoms. The van der Waals surface area contributed by atoms with Gasteiger partial charge in [0.05, 0.1) is 17.6 Å². The summed E-state index contributed by atoms with van der Waals surface area (Å²) in [6, 6.07) is 0.171. The van der Waals surface area contributed by atoms with E-state index in [1.54, 1.807) is 0 Å². The van der Waals surface area contributed by atoms with Gasteiger partial charge in [0.2, 0.25) is 0 Å². The van der Waals surface area contributed by atoms with E-state index in [0.29, 0.717) is 12.2 Å². The van der Waals surface area contributed by atoms with E-state index in [2.05, 4.69) is 5.32 Å². The Kier molecular flexibility index (Phi) is 3.33. The van der Waals surface area contributed by atoms with Crippen LogP contribution < -0.4 is 5.32 Å². The molecular formula is C10H19NO3S. The number of hydrogen-bond donors (Lipinski definition) is 2.